The maximum absolute atomic E-state index is 13.2. The molecule has 0 spiro atoms. The van der Waals surface area contributed by atoms with Crippen molar-refractivity contribution in [3.63, 3.8) is 0 Å². The quantitative estimate of drug-likeness (QED) is 0.468. The van der Waals surface area contributed by atoms with E-state index in [4.69, 9.17) is 13.7 Å². The van der Waals surface area contributed by atoms with Gasteiger partial charge in [-0.1, -0.05) is 36.4 Å². The molecular weight excluding hydrogens is 351 g/mol. The Morgan fingerprint density at radius 1 is 0.769 bits per heavy atom. The summed E-state index contributed by atoms with van der Waals surface area (Å²) in [6.45, 7) is 0. The zero-order valence-electron chi connectivity index (χ0n) is 14.6. The number of phosphoric ester groups is 1. The normalized spacial score (nSPS) is 10.8. The minimum Gasteiger partial charge on any atom is -0.383 e. The number of benzene rings is 2. The third-order valence-electron chi connectivity index (χ3n) is 3.42. The van der Waals surface area contributed by atoms with E-state index in [0.29, 0.717) is 11.5 Å². The predicted molar refractivity (Wildman–Crippen MR) is 99.3 cm³/mol. The molecule has 0 saturated carbocycles. The first kappa shape index (κ1) is 17.8. The summed E-state index contributed by atoms with van der Waals surface area (Å²) in [7, 11) is -0.109. The average Bonchev–Trinajstić information content (AvgIpc) is 2.63. The van der Waals surface area contributed by atoms with Crippen LogP contribution in [0.4, 0.5) is 5.69 Å². The van der Waals surface area contributed by atoms with Gasteiger partial charge < -0.3 is 13.9 Å². The first-order chi connectivity index (χ1) is 12.5. The van der Waals surface area contributed by atoms with Gasteiger partial charge >= 0.3 is 7.82 Å². The van der Waals surface area contributed by atoms with Crippen molar-refractivity contribution in [1.82, 2.24) is 0 Å². The molecule has 0 aliphatic carbocycles. The number of pyridine rings is 1. The van der Waals surface area contributed by atoms with Crippen molar-refractivity contribution in [3.8, 4) is 11.5 Å². The monoisotopic (exact) mass is 371 g/mol. The molecule has 0 amide bonds. The van der Waals surface area contributed by atoms with E-state index in [1.165, 1.54) is 4.73 Å². The van der Waals surface area contributed by atoms with Crippen molar-refractivity contribution in [2.45, 2.75) is 0 Å². The molecule has 6 nitrogen and oxygen atoms in total. The molecule has 1 heterocycles. The lowest BCUT2D eigenvalue weighted by molar-refractivity contribution is -0.860. The van der Waals surface area contributed by atoms with Gasteiger partial charge in [0.1, 0.15) is 11.5 Å². The van der Waals surface area contributed by atoms with Crippen LogP contribution in [0.5, 0.6) is 11.5 Å². The number of anilines is 1. The Bertz CT molecular complexity index is 826. The molecule has 0 atom stereocenters. The average molecular weight is 371 g/mol. The number of rotatable bonds is 7. The maximum Gasteiger partial charge on any atom is 0.700 e. The Morgan fingerprint density at radius 3 is 1.65 bits per heavy atom. The van der Waals surface area contributed by atoms with Crippen molar-refractivity contribution in [2.75, 3.05) is 19.0 Å². The summed E-state index contributed by atoms with van der Waals surface area (Å²) in [5.41, 5.74) is 0.979. The molecule has 1 aromatic heterocycles. The fraction of sp³-hybridized carbons (Fsp3) is 0.105. The second-order valence-electron chi connectivity index (χ2n) is 5.65. The lowest BCUT2D eigenvalue weighted by Crippen LogP contribution is -2.41. The van der Waals surface area contributed by atoms with E-state index in [1.807, 2.05) is 43.3 Å². The predicted octanol–water partition coefficient (Wildman–Crippen LogP) is 3.73. The lowest BCUT2D eigenvalue weighted by atomic mass is 10.3. The van der Waals surface area contributed by atoms with E-state index in [2.05, 4.69) is 0 Å². The van der Waals surface area contributed by atoms with E-state index in [0.717, 1.165) is 5.69 Å². The number of hydrogen-bond acceptors (Lipinski definition) is 5. The summed E-state index contributed by atoms with van der Waals surface area (Å²) >= 11 is 0. The molecule has 2 aromatic carbocycles. The Balaban J connectivity index is 1.85. The summed E-state index contributed by atoms with van der Waals surface area (Å²) < 4.78 is 31.2. The number of hydrogen-bond donors (Lipinski definition) is 0. The molecule has 0 radical (unpaired) electrons. The minimum absolute atomic E-state index is 0.386. The molecule has 0 fully saturated rings. The first-order valence-electron chi connectivity index (χ1n) is 8.02. The van der Waals surface area contributed by atoms with Gasteiger partial charge in [0.05, 0.1) is 0 Å². The highest BCUT2D eigenvalue weighted by molar-refractivity contribution is 7.49. The Hall–Kier alpha value is -2.98. The van der Waals surface area contributed by atoms with Crippen molar-refractivity contribution in [1.29, 1.82) is 0 Å². The van der Waals surface area contributed by atoms with Crippen LogP contribution in [0.25, 0.3) is 0 Å². The van der Waals surface area contributed by atoms with E-state index < -0.39 is 7.82 Å². The van der Waals surface area contributed by atoms with Crippen molar-refractivity contribution in [3.05, 3.63) is 85.2 Å². The van der Waals surface area contributed by atoms with Crippen LogP contribution in [0.3, 0.4) is 0 Å². The molecule has 0 bridgehead atoms. The van der Waals surface area contributed by atoms with Crippen LogP contribution in [0.1, 0.15) is 0 Å². The van der Waals surface area contributed by atoms with Crippen LogP contribution in [-0.2, 0) is 4.57 Å². The van der Waals surface area contributed by atoms with Crippen molar-refractivity contribution < 1.29 is 23.0 Å². The maximum atomic E-state index is 13.2. The molecule has 3 rings (SSSR count). The summed E-state index contributed by atoms with van der Waals surface area (Å²) in [5, 5.41) is 0. The van der Waals surface area contributed by atoms with E-state index in [9.17, 15) is 4.57 Å². The lowest BCUT2D eigenvalue weighted by Gasteiger charge is -2.15. The van der Waals surface area contributed by atoms with Gasteiger partial charge in [0.15, 0.2) is 0 Å². The van der Waals surface area contributed by atoms with Crippen LogP contribution < -0.4 is 23.3 Å². The van der Waals surface area contributed by atoms with Gasteiger partial charge in [0.2, 0.25) is 12.4 Å². The van der Waals surface area contributed by atoms with Crippen LogP contribution in [-0.4, -0.2) is 14.1 Å². The van der Waals surface area contributed by atoms with Crippen LogP contribution in [0, 0.1) is 0 Å². The molecular formula is C19H20N2O4P+. The molecule has 0 saturated heterocycles. The van der Waals surface area contributed by atoms with Gasteiger partial charge in [-0.15, -0.1) is 4.62 Å². The molecule has 0 N–H and O–H groups in total. The Labute approximate surface area is 152 Å². The van der Waals surface area contributed by atoms with Gasteiger partial charge in [-0.3, -0.25) is 0 Å². The number of para-hydroxylation sites is 2. The fourth-order valence-corrected chi connectivity index (χ4v) is 3.35. The highest BCUT2D eigenvalue weighted by Crippen LogP contribution is 2.45. The summed E-state index contributed by atoms with van der Waals surface area (Å²) in [6.07, 6.45) is 3.29. The van der Waals surface area contributed by atoms with Gasteiger partial charge in [-0.2, -0.15) is 4.57 Å². The molecule has 26 heavy (non-hydrogen) atoms. The van der Waals surface area contributed by atoms with Crippen LogP contribution in [0.15, 0.2) is 85.2 Å². The summed E-state index contributed by atoms with van der Waals surface area (Å²) in [4.78, 5) is 1.95. The van der Waals surface area contributed by atoms with Gasteiger partial charge in [-0.25, -0.2) is 0 Å². The topological polar surface area (TPSA) is 51.9 Å². The molecule has 3 aromatic rings. The highest BCUT2D eigenvalue weighted by Gasteiger charge is 2.38. The van der Waals surface area contributed by atoms with E-state index >= 15 is 0 Å². The first-order valence-corrected chi connectivity index (χ1v) is 9.48. The second kappa shape index (κ2) is 7.93. The van der Waals surface area contributed by atoms with Crippen molar-refractivity contribution in [2.24, 2.45) is 0 Å². The largest absolute Gasteiger partial charge is 0.700 e. The number of nitrogens with zero attached hydrogens (tertiary/aromatic N) is 2. The zero-order valence-corrected chi connectivity index (χ0v) is 15.5. The SMILES string of the molecule is CN(C)c1cc[n+](OP(=O)(Oc2ccccc2)Oc2ccccc2)cc1. The van der Waals surface area contributed by atoms with E-state index in [1.54, 1.807) is 60.9 Å². The van der Waals surface area contributed by atoms with Crippen LogP contribution in [0.2, 0.25) is 0 Å². The van der Waals surface area contributed by atoms with Gasteiger partial charge in [-0.05, 0) is 24.3 Å². The highest BCUT2D eigenvalue weighted by atomic mass is 31.2. The molecule has 0 aliphatic rings. The Morgan fingerprint density at radius 2 is 1.23 bits per heavy atom. The van der Waals surface area contributed by atoms with Crippen LogP contribution >= 0.6 is 7.82 Å². The second-order valence-corrected chi connectivity index (χ2v) is 7.07. The molecule has 0 unspecified atom stereocenters. The van der Waals surface area contributed by atoms with Gasteiger partial charge in [0.25, 0.3) is 0 Å². The summed E-state index contributed by atoms with van der Waals surface area (Å²) in [6, 6.07) is 21.2. The minimum atomic E-state index is -3.97. The number of aromatic nitrogens is 1. The molecule has 7 heteroatoms. The standard InChI is InChI=1S/C19H20N2O4P/c1-20(2)17-13-15-21(16-14-17)25-26(22,23-18-9-5-3-6-10-18)24-19-11-7-4-8-12-19/h3-16H,1-2H3/q+1. The number of phosphoric acid groups is 1. The van der Waals surface area contributed by atoms with Gasteiger partial charge in [0, 0.05) is 36.6 Å². The summed E-state index contributed by atoms with van der Waals surface area (Å²) in [5.74, 6) is 0.773. The third-order valence-corrected chi connectivity index (χ3v) is 4.67. The van der Waals surface area contributed by atoms with E-state index in [-0.39, 0.29) is 0 Å². The Kier molecular flexibility index (Phi) is 5.44. The molecule has 134 valence electrons. The van der Waals surface area contributed by atoms with Crippen molar-refractivity contribution >= 4 is 13.5 Å². The zero-order chi connectivity index (χ0) is 18.4. The smallest absolute Gasteiger partial charge is 0.383 e. The molecule has 0 aliphatic heterocycles. The third kappa shape index (κ3) is 4.77. The fourth-order valence-electron chi connectivity index (χ4n) is 2.15.